The van der Waals surface area contributed by atoms with Gasteiger partial charge >= 0.3 is 13.5 Å². The van der Waals surface area contributed by atoms with Crippen molar-refractivity contribution in [2.75, 3.05) is 0 Å². The second-order valence-electron chi connectivity index (χ2n) is 9.29. The minimum atomic E-state index is -0.982. The van der Waals surface area contributed by atoms with E-state index in [4.69, 9.17) is 9.39 Å². The van der Waals surface area contributed by atoms with E-state index in [-0.39, 0.29) is 23.8 Å². The third kappa shape index (κ3) is 9.07. The third-order valence-electron chi connectivity index (χ3n) is 5.08. The van der Waals surface area contributed by atoms with Gasteiger partial charge in [-0.15, -0.1) is 0 Å². The normalized spacial score (nSPS) is 17.6. The summed E-state index contributed by atoms with van der Waals surface area (Å²) in [5.41, 5.74) is -1.41. The fraction of sp³-hybridized carbons (Fsp3) is 0.810. The molecule has 2 unspecified atom stereocenters. The van der Waals surface area contributed by atoms with Gasteiger partial charge in [0.25, 0.3) is 0 Å². The molecule has 27 heavy (non-hydrogen) atoms. The summed E-state index contributed by atoms with van der Waals surface area (Å²) >= 11 is 0. The van der Waals surface area contributed by atoms with Gasteiger partial charge in [0, 0.05) is 6.21 Å². The molecular formula is C21H39BNO4. The highest BCUT2D eigenvalue weighted by molar-refractivity contribution is 6.46. The van der Waals surface area contributed by atoms with Crippen molar-refractivity contribution in [3.63, 3.8) is 0 Å². The molecule has 0 aromatic carbocycles. The number of esters is 1. The molecule has 0 aliphatic heterocycles. The molecule has 155 valence electrons. The smallest absolute Gasteiger partial charge is 0.332 e. The van der Waals surface area contributed by atoms with Crippen molar-refractivity contribution in [3.8, 4) is 0 Å². The SMILES string of the molecule is C/C=C(/[B]OC(C)(C)C(C)(C)O)C=NC(C)[C@@H](C)C(C)C(=O)OC(C)(C)C. The molecule has 0 bridgehead atoms. The van der Waals surface area contributed by atoms with Gasteiger partial charge in [-0.2, -0.15) is 0 Å². The molecule has 0 fully saturated rings. The van der Waals surface area contributed by atoms with Crippen LogP contribution in [0.3, 0.4) is 0 Å². The summed E-state index contributed by atoms with van der Waals surface area (Å²) in [6.07, 6.45) is 3.63. The van der Waals surface area contributed by atoms with E-state index >= 15 is 0 Å². The standard InChI is InChI=1S/C21H39BNO4/c1-12-17(22-27-21(10,11)20(8,9)25)13-23-16(4)14(2)15(3)18(24)26-19(5,6)7/h12-16,25H,1-11H3/b17-12+,23-13?/t14-,15?,16?/m0/s1. The zero-order valence-corrected chi connectivity index (χ0v) is 19.1. The molecular weight excluding hydrogens is 341 g/mol. The number of hydrogen-bond acceptors (Lipinski definition) is 5. The minimum absolute atomic E-state index is 0.0305. The van der Waals surface area contributed by atoms with Crippen molar-refractivity contribution in [2.24, 2.45) is 16.8 Å². The first kappa shape index (κ1) is 25.9. The predicted molar refractivity (Wildman–Crippen MR) is 113 cm³/mol. The molecule has 1 N–H and O–H groups in total. The molecule has 1 radical (unpaired) electrons. The molecule has 3 atom stereocenters. The molecule has 0 aliphatic carbocycles. The summed E-state index contributed by atoms with van der Waals surface area (Å²) in [5, 5.41) is 10.2. The first-order chi connectivity index (χ1) is 12.0. The summed E-state index contributed by atoms with van der Waals surface area (Å²) in [6, 6.07) is -0.0573. The van der Waals surface area contributed by atoms with E-state index in [2.05, 4.69) is 4.99 Å². The zero-order valence-electron chi connectivity index (χ0n) is 19.1. The minimum Gasteiger partial charge on any atom is -0.460 e. The van der Waals surface area contributed by atoms with Crippen molar-refractivity contribution < 1.29 is 19.3 Å². The van der Waals surface area contributed by atoms with Crippen LogP contribution in [0.15, 0.2) is 16.5 Å². The maximum atomic E-state index is 12.3. The number of carbonyl (C=O) groups excluding carboxylic acids is 1. The first-order valence-corrected chi connectivity index (χ1v) is 9.67. The Hall–Kier alpha value is -1.14. The summed E-state index contributed by atoms with van der Waals surface area (Å²) in [6.45, 7) is 20.5. The fourth-order valence-corrected chi connectivity index (χ4v) is 1.90. The first-order valence-electron chi connectivity index (χ1n) is 9.67. The molecule has 0 saturated heterocycles. The molecule has 0 spiro atoms. The number of aliphatic imine (C=N–C) groups is 1. The Kier molecular flexibility index (Phi) is 9.46. The number of hydrogen-bond donors (Lipinski definition) is 1. The Morgan fingerprint density at radius 3 is 2.00 bits per heavy atom. The average Bonchev–Trinajstić information content (AvgIpc) is 2.50. The van der Waals surface area contributed by atoms with E-state index < -0.39 is 16.8 Å². The van der Waals surface area contributed by atoms with Crippen molar-refractivity contribution in [2.45, 2.75) is 99.0 Å². The molecule has 0 saturated carbocycles. The maximum absolute atomic E-state index is 12.3. The van der Waals surface area contributed by atoms with Gasteiger partial charge in [-0.25, -0.2) is 0 Å². The topological polar surface area (TPSA) is 68.1 Å². The molecule has 0 heterocycles. The van der Waals surface area contributed by atoms with Gasteiger partial charge < -0.3 is 14.5 Å². The Balaban J connectivity index is 4.87. The van der Waals surface area contributed by atoms with Gasteiger partial charge in [0.15, 0.2) is 0 Å². The van der Waals surface area contributed by atoms with Gasteiger partial charge in [-0.1, -0.05) is 19.9 Å². The Morgan fingerprint density at radius 2 is 1.59 bits per heavy atom. The predicted octanol–water partition coefficient (Wildman–Crippen LogP) is 4.15. The monoisotopic (exact) mass is 380 g/mol. The lowest BCUT2D eigenvalue weighted by Crippen LogP contribution is -2.48. The van der Waals surface area contributed by atoms with E-state index in [1.807, 2.05) is 68.4 Å². The molecule has 0 rings (SSSR count). The Labute approximate surface area is 166 Å². The van der Waals surface area contributed by atoms with Crippen LogP contribution < -0.4 is 0 Å². The van der Waals surface area contributed by atoms with Crippen molar-refractivity contribution in [1.82, 2.24) is 0 Å². The van der Waals surface area contributed by atoms with Gasteiger partial charge in [0.2, 0.25) is 0 Å². The lowest BCUT2D eigenvalue weighted by atomic mass is 9.82. The number of allylic oxidation sites excluding steroid dienone is 2. The lowest BCUT2D eigenvalue weighted by molar-refractivity contribution is -0.161. The van der Waals surface area contributed by atoms with Crippen LogP contribution in [0.2, 0.25) is 0 Å². The number of aliphatic hydroxyl groups is 1. The molecule has 6 heteroatoms. The summed E-state index contributed by atoms with van der Waals surface area (Å²) in [7, 11) is 1.61. The fourth-order valence-electron chi connectivity index (χ4n) is 1.90. The summed E-state index contributed by atoms with van der Waals surface area (Å²) in [5.74, 6) is -0.423. The van der Waals surface area contributed by atoms with Gasteiger partial charge in [-0.05, 0) is 73.7 Å². The highest BCUT2D eigenvalue weighted by atomic mass is 16.6. The van der Waals surface area contributed by atoms with Gasteiger partial charge in [0.1, 0.15) is 5.60 Å². The highest BCUT2D eigenvalue weighted by Gasteiger charge is 2.35. The highest BCUT2D eigenvalue weighted by Crippen LogP contribution is 2.25. The van der Waals surface area contributed by atoms with Crippen LogP contribution in [0.25, 0.3) is 0 Å². The average molecular weight is 380 g/mol. The Bertz CT molecular complexity index is 541. The largest absolute Gasteiger partial charge is 0.460 e. The molecule has 5 nitrogen and oxygen atoms in total. The lowest BCUT2D eigenvalue weighted by Gasteiger charge is -2.37. The van der Waals surface area contributed by atoms with Gasteiger partial charge in [0.05, 0.1) is 23.2 Å². The Morgan fingerprint density at radius 1 is 1.07 bits per heavy atom. The van der Waals surface area contributed by atoms with Crippen LogP contribution >= 0.6 is 0 Å². The second-order valence-corrected chi connectivity index (χ2v) is 9.29. The van der Waals surface area contributed by atoms with Crippen LogP contribution in [0, 0.1) is 11.8 Å². The van der Waals surface area contributed by atoms with Crippen molar-refractivity contribution >= 4 is 19.7 Å². The van der Waals surface area contributed by atoms with E-state index in [9.17, 15) is 9.90 Å². The number of nitrogens with zero attached hydrogens (tertiary/aromatic N) is 1. The molecule has 0 aromatic rings. The van der Waals surface area contributed by atoms with Gasteiger partial charge in [-0.3, -0.25) is 9.79 Å². The molecule has 0 amide bonds. The van der Waals surface area contributed by atoms with Crippen molar-refractivity contribution in [3.05, 3.63) is 11.5 Å². The van der Waals surface area contributed by atoms with E-state index in [1.54, 1.807) is 27.5 Å². The van der Waals surface area contributed by atoms with Crippen LogP contribution in [-0.2, 0) is 14.2 Å². The van der Waals surface area contributed by atoms with E-state index in [1.165, 1.54) is 0 Å². The summed E-state index contributed by atoms with van der Waals surface area (Å²) in [4.78, 5) is 16.9. The molecule has 0 aliphatic rings. The van der Waals surface area contributed by atoms with Crippen molar-refractivity contribution in [1.29, 1.82) is 0 Å². The van der Waals surface area contributed by atoms with Crippen LogP contribution in [0.1, 0.15) is 76.2 Å². The van der Waals surface area contributed by atoms with Crippen LogP contribution in [-0.4, -0.2) is 47.6 Å². The maximum Gasteiger partial charge on any atom is 0.332 e. The quantitative estimate of drug-likeness (QED) is 0.371. The molecule has 0 aromatic heterocycles. The zero-order chi connectivity index (χ0) is 21.6. The van der Waals surface area contributed by atoms with E-state index in [0.717, 1.165) is 5.47 Å². The third-order valence-corrected chi connectivity index (χ3v) is 5.08. The number of ether oxygens (including phenoxy) is 1. The van der Waals surface area contributed by atoms with E-state index in [0.29, 0.717) is 0 Å². The van der Waals surface area contributed by atoms with Crippen LogP contribution in [0.5, 0.6) is 0 Å². The number of rotatable bonds is 9. The second kappa shape index (κ2) is 9.88. The number of carbonyl (C=O) groups is 1. The summed E-state index contributed by atoms with van der Waals surface area (Å²) < 4.78 is 11.2. The van der Waals surface area contributed by atoms with Crippen LogP contribution in [0.4, 0.5) is 0 Å².